The van der Waals surface area contributed by atoms with Crippen molar-refractivity contribution in [1.29, 1.82) is 0 Å². The normalized spacial score (nSPS) is 11.9. The molecule has 0 saturated heterocycles. The van der Waals surface area contributed by atoms with Crippen molar-refractivity contribution < 1.29 is 34.2 Å². The molecule has 2 amide bonds. The van der Waals surface area contributed by atoms with Crippen molar-refractivity contribution in [2.45, 2.75) is 25.6 Å². The minimum atomic E-state index is -1.30. The van der Waals surface area contributed by atoms with E-state index in [1.165, 1.54) is 24.5 Å². The molecule has 2 rings (SSSR count). The molecule has 0 radical (unpaired) electrons. The van der Waals surface area contributed by atoms with Crippen molar-refractivity contribution in [2.24, 2.45) is 0 Å². The third-order valence-electron chi connectivity index (χ3n) is 4.38. The summed E-state index contributed by atoms with van der Waals surface area (Å²) in [5.74, 6) is 10.8. The number of carbonyl (C=O) groups excluding carboxylic acids is 2. The molecule has 10 nitrogen and oxygen atoms in total. The summed E-state index contributed by atoms with van der Waals surface area (Å²) in [5, 5.41) is 32.4. The molecule has 0 bridgehead atoms. The first-order valence-corrected chi connectivity index (χ1v) is 10.5. The highest BCUT2D eigenvalue weighted by atomic mass is 16.5. The molecule has 2 atom stereocenters. The van der Waals surface area contributed by atoms with Gasteiger partial charge in [-0.2, -0.15) is 0 Å². The number of hydroxylamine groups is 1. The Morgan fingerprint density at radius 2 is 1.82 bits per heavy atom. The molecule has 0 fully saturated rings. The maximum absolute atomic E-state index is 12.3. The standard InChI is InChI=1S/C24H27N3O7/c1-17(29)22(24(31)27-32)26-23(30)19-8-6-18(7-9-19)4-2-3-5-20-10-11-21(34-20)16-25-12-14-33-15-13-28/h6-11,17,22,25,28-29,32H,12-16H2,1H3,(H,26,30)(H,27,31)/t17-,22+/m1/s1. The lowest BCUT2D eigenvalue weighted by Gasteiger charge is -2.19. The van der Waals surface area contributed by atoms with E-state index in [1.54, 1.807) is 18.2 Å². The summed E-state index contributed by atoms with van der Waals surface area (Å²) in [6.07, 6.45) is -1.20. The minimum Gasteiger partial charge on any atom is -0.451 e. The Morgan fingerprint density at radius 3 is 2.50 bits per heavy atom. The molecule has 0 spiro atoms. The molecule has 1 aromatic heterocycles. The predicted molar refractivity (Wildman–Crippen MR) is 121 cm³/mol. The minimum absolute atomic E-state index is 0.00413. The van der Waals surface area contributed by atoms with E-state index in [0.29, 0.717) is 37.6 Å². The summed E-state index contributed by atoms with van der Waals surface area (Å²) in [7, 11) is 0. The van der Waals surface area contributed by atoms with E-state index in [9.17, 15) is 14.7 Å². The van der Waals surface area contributed by atoms with Crippen LogP contribution in [0.25, 0.3) is 0 Å². The van der Waals surface area contributed by atoms with Crippen molar-refractivity contribution in [2.75, 3.05) is 26.4 Å². The molecule has 0 aliphatic rings. The van der Waals surface area contributed by atoms with E-state index >= 15 is 0 Å². The highest BCUT2D eigenvalue weighted by Crippen LogP contribution is 2.07. The Balaban J connectivity index is 1.86. The summed E-state index contributed by atoms with van der Waals surface area (Å²) < 4.78 is 10.7. The van der Waals surface area contributed by atoms with Crippen molar-refractivity contribution >= 4 is 11.8 Å². The van der Waals surface area contributed by atoms with Crippen LogP contribution in [0.3, 0.4) is 0 Å². The number of aliphatic hydroxyl groups is 2. The Bertz CT molecular complexity index is 1060. The van der Waals surface area contributed by atoms with E-state index in [4.69, 9.17) is 19.5 Å². The van der Waals surface area contributed by atoms with E-state index in [2.05, 4.69) is 34.3 Å². The average molecular weight is 469 g/mol. The maximum atomic E-state index is 12.3. The second-order valence-electron chi connectivity index (χ2n) is 7.02. The van der Waals surface area contributed by atoms with Gasteiger partial charge in [0.1, 0.15) is 11.8 Å². The summed E-state index contributed by atoms with van der Waals surface area (Å²) in [5.41, 5.74) is 2.28. The summed E-state index contributed by atoms with van der Waals surface area (Å²) >= 11 is 0. The van der Waals surface area contributed by atoms with Gasteiger partial charge in [-0.3, -0.25) is 14.8 Å². The van der Waals surface area contributed by atoms with Gasteiger partial charge in [0.25, 0.3) is 11.8 Å². The third-order valence-corrected chi connectivity index (χ3v) is 4.38. The highest BCUT2D eigenvalue weighted by molar-refractivity contribution is 5.97. The monoisotopic (exact) mass is 469 g/mol. The van der Waals surface area contributed by atoms with Crippen molar-refractivity contribution in [3.63, 3.8) is 0 Å². The zero-order chi connectivity index (χ0) is 24.8. The fourth-order valence-electron chi connectivity index (χ4n) is 2.66. The highest BCUT2D eigenvalue weighted by Gasteiger charge is 2.25. The lowest BCUT2D eigenvalue weighted by Crippen LogP contribution is -2.51. The quantitative estimate of drug-likeness (QED) is 0.114. The zero-order valence-electron chi connectivity index (χ0n) is 18.6. The third kappa shape index (κ3) is 9.08. The van der Waals surface area contributed by atoms with E-state index < -0.39 is 24.0 Å². The van der Waals surface area contributed by atoms with Crippen LogP contribution in [-0.4, -0.2) is 65.7 Å². The lowest BCUT2D eigenvalue weighted by molar-refractivity contribution is -0.133. The molecule has 0 saturated carbocycles. The average Bonchev–Trinajstić information content (AvgIpc) is 3.29. The van der Waals surface area contributed by atoms with Crippen molar-refractivity contribution in [3.05, 3.63) is 59.0 Å². The van der Waals surface area contributed by atoms with Crippen LogP contribution in [0.1, 0.15) is 34.4 Å². The summed E-state index contributed by atoms with van der Waals surface area (Å²) in [6, 6.07) is 8.54. The first-order chi connectivity index (χ1) is 16.4. The zero-order valence-corrected chi connectivity index (χ0v) is 18.6. The van der Waals surface area contributed by atoms with Gasteiger partial charge in [-0.1, -0.05) is 5.92 Å². The molecule has 10 heteroatoms. The largest absolute Gasteiger partial charge is 0.451 e. The maximum Gasteiger partial charge on any atom is 0.268 e. The Labute approximate surface area is 197 Å². The van der Waals surface area contributed by atoms with Crippen molar-refractivity contribution in [1.82, 2.24) is 16.1 Å². The number of rotatable bonds is 11. The Kier molecular flexibility index (Phi) is 11.3. The molecule has 6 N–H and O–H groups in total. The number of furan rings is 1. The van der Waals surface area contributed by atoms with Gasteiger partial charge in [0.05, 0.1) is 32.5 Å². The molecule has 2 aromatic rings. The molecule has 0 unspecified atom stereocenters. The summed E-state index contributed by atoms with van der Waals surface area (Å²) in [4.78, 5) is 23.8. The first kappa shape index (κ1) is 26.6. The molecule has 180 valence electrons. The van der Waals surface area contributed by atoms with E-state index in [-0.39, 0.29) is 12.2 Å². The predicted octanol–water partition coefficient (Wildman–Crippen LogP) is -0.234. The second-order valence-corrected chi connectivity index (χ2v) is 7.02. The van der Waals surface area contributed by atoms with Gasteiger partial charge >= 0.3 is 0 Å². The molecule has 0 aliphatic carbocycles. The van der Waals surface area contributed by atoms with Gasteiger partial charge < -0.3 is 30.0 Å². The number of amides is 2. The molecule has 1 aromatic carbocycles. The Morgan fingerprint density at radius 1 is 1.09 bits per heavy atom. The molecular formula is C24H27N3O7. The van der Waals surface area contributed by atoms with Crippen LogP contribution in [0, 0.1) is 23.7 Å². The number of ether oxygens (including phenoxy) is 1. The number of nitrogens with one attached hydrogen (secondary N) is 3. The topological polar surface area (TPSA) is 153 Å². The van der Waals surface area contributed by atoms with Crippen LogP contribution >= 0.6 is 0 Å². The number of hydrogen-bond acceptors (Lipinski definition) is 8. The van der Waals surface area contributed by atoms with Gasteiger partial charge in [0.15, 0.2) is 5.76 Å². The van der Waals surface area contributed by atoms with Gasteiger partial charge in [-0.15, -0.1) is 0 Å². The Hall–Kier alpha value is -3.64. The van der Waals surface area contributed by atoms with Crippen LogP contribution in [0.5, 0.6) is 0 Å². The number of benzene rings is 1. The summed E-state index contributed by atoms with van der Waals surface area (Å²) in [6.45, 7) is 3.30. The van der Waals surface area contributed by atoms with Gasteiger partial charge in [-0.25, -0.2) is 5.48 Å². The lowest BCUT2D eigenvalue weighted by atomic mass is 10.1. The molecular weight excluding hydrogens is 442 g/mol. The molecule has 1 heterocycles. The molecule has 0 aliphatic heterocycles. The van der Waals surface area contributed by atoms with E-state index in [1.807, 2.05) is 6.07 Å². The SMILES string of the molecule is C[C@@H](O)[C@H](NC(=O)c1ccc(C#CC#Cc2ccc(CNCCOCCO)o2)cc1)C(=O)NO. The van der Waals surface area contributed by atoms with Gasteiger partial charge in [0, 0.05) is 17.7 Å². The van der Waals surface area contributed by atoms with Crippen LogP contribution in [0.15, 0.2) is 40.8 Å². The number of carbonyl (C=O) groups is 2. The van der Waals surface area contributed by atoms with Crippen LogP contribution in [-0.2, 0) is 16.1 Å². The fraction of sp³-hybridized carbons (Fsp3) is 0.333. The van der Waals surface area contributed by atoms with Gasteiger partial charge in [-0.05, 0) is 61.1 Å². The smallest absolute Gasteiger partial charge is 0.268 e. The first-order valence-electron chi connectivity index (χ1n) is 10.5. The fourth-order valence-corrected chi connectivity index (χ4v) is 2.66. The van der Waals surface area contributed by atoms with Crippen LogP contribution in [0.2, 0.25) is 0 Å². The van der Waals surface area contributed by atoms with Crippen LogP contribution in [0.4, 0.5) is 0 Å². The second kappa shape index (κ2) is 14.5. The van der Waals surface area contributed by atoms with Crippen molar-refractivity contribution in [3.8, 4) is 23.7 Å². The van der Waals surface area contributed by atoms with Crippen LogP contribution < -0.4 is 16.1 Å². The number of aliphatic hydroxyl groups excluding tert-OH is 2. The molecule has 34 heavy (non-hydrogen) atoms. The van der Waals surface area contributed by atoms with Gasteiger partial charge in [0.2, 0.25) is 0 Å². The van der Waals surface area contributed by atoms with E-state index in [0.717, 1.165) is 5.76 Å². The number of hydrogen-bond donors (Lipinski definition) is 6.